The van der Waals surface area contributed by atoms with E-state index in [1.807, 2.05) is 35.2 Å². The summed E-state index contributed by atoms with van der Waals surface area (Å²) in [6.45, 7) is 3.52. The summed E-state index contributed by atoms with van der Waals surface area (Å²) < 4.78 is 0. The van der Waals surface area contributed by atoms with Crippen molar-refractivity contribution < 1.29 is 9.59 Å². The molecule has 0 radical (unpaired) electrons. The molecule has 5 heteroatoms. The molecular weight excluding hydrogens is 254 g/mol. The predicted octanol–water partition coefficient (Wildman–Crippen LogP) is -0.0520. The molecule has 2 saturated heterocycles. The molecule has 0 aliphatic carbocycles. The van der Waals surface area contributed by atoms with Crippen LogP contribution in [0.15, 0.2) is 30.3 Å². The van der Waals surface area contributed by atoms with E-state index in [-0.39, 0.29) is 17.7 Å². The molecule has 3 rings (SSSR count). The predicted molar refractivity (Wildman–Crippen MR) is 75.1 cm³/mol. The Morgan fingerprint density at radius 3 is 2.55 bits per heavy atom. The van der Waals surface area contributed by atoms with Crippen LogP contribution in [0.2, 0.25) is 0 Å². The van der Waals surface area contributed by atoms with E-state index in [4.69, 9.17) is 0 Å². The summed E-state index contributed by atoms with van der Waals surface area (Å²) in [5, 5.41) is 6.06. The summed E-state index contributed by atoms with van der Waals surface area (Å²) in [5.41, 5.74) is 1.05. The second-order valence-corrected chi connectivity index (χ2v) is 5.32. The fourth-order valence-corrected chi connectivity index (χ4v) is 3.00. The third kappa shape index (κ3) is 2.41. The molecular formula is C15H19N3O2. The van der Waals surface area contributed by atoms with E-state index in [0.717, 1.165) is 18.7 Å². The molecule has 2 amide bonds. The maximum absolute atomic E-state index is 12.6. The van der Waals surface area contributed by atoms with Crippen molar-refractivity contribution in [2.75, 3.05) is 32.7 Å². The van der Waals surface area contributed by atoms with Gasteiger partial charge in [-0.15, -0.1) is 0 Å². The standard InChI is InChI=1S/C15H19N3O2/c19-14-13(15(20)18-8-6-16-7-9-18)12(10-17-14)11-4-2-1-3-5-11/h1-5,12-13,16H,6-10H2,(H,17,19). The van der Waals surface area contributed by atoms with Crippen molar-refractivity contribution >= 4 is 11.8 Å². The molecule has 0 bridgehead atoms. The number of hydrogen-bond acceptors (Lipinski definition) is 3. The normalized spacial score (nSPS) is 26.4. The first-order valence-electron chi connectivity index (χ1n) is 7.09. The molecule has 2 aliphatic heterocycles. The largest absolute Gasteiger partial charge is 0.355 e. The Morgan fingerprint density at radius 1 is 1.15 bits per heavy atom. The Bertz CT molecular complexity index is 497. The average Bonchev–Trinajstić information content (AvgIpc) is 2.90. The van der Waals surface area contributed by atoms with Gasteiger partial charge in [0.25, 0.3) is 0 Å². The lowest BCUT2D eigenvalue weighted by Crippen LogP contribution is -2.50. The highest BCUT2D eigenvalue weighted by Crippen LogP contribution is 2.30. The van der Waals surface area contributed by atoms with Crippen LogP contribution in [0, 0.1) is 5.92 Å². The molecule has 0 aromatic heterocycles. The van der Waals surface area contributed by atoms with Gasteiger partial charge in [-0.2, -0.15) is 0 Å². The Hall–Kier alpha value is -1.88. The van der Waals surface area contributed by atoms with Crippen molar-refractivity contribution in [2.45, 2.75) is 5.92 Å². The maximum Gasteiger partial charge on any atom is 0.235 e. The summed E-state index contributed by atoms with van der Waals surface area (Å²) in [6, 6.07) is 9.82. The molecule has 2 unspecified atom stereocenters. The maximum atomic E-state index is 12.6. The number of hydrogen-bond donors (Lipinski definition) is 2. The third-order valence-corrected chi connectivity index (χ3v) is 4.10. The highest BCUT2D eigenvalue weighted by Gasteiger charge is 2.42. The van der Waals surface area contributed by atoms with Gasteiger partial charge in [-0.3, -0.25) is 9.59 Å². The van der Waals surface area contributed by atoms with E-state index in [1.54, 1.807) is 0 Å². The van der Waals surface area contributed by atoms with Crippen LogP contribution in [0.5, 0.6) is 0 Å². The zero-order valence-corrected chi connectivity index (χ0v) is 11.3. The van der Waals surface area contributed by atoms with E-state index in [2.05, 4.69) is 10.6 Å². The van der Waals surface area contributed by atoms with E-state index in [9.17, 15) is 9.59 Å². The molecule has 106 valence electrons. The topological polar surface area (TPSA) is 61.4 Å². The number of rotatable bonds is 2. The first kappa shape index (κ1) is 13.1. The van der Waals surface area contributed by atoms with Crippen LogP contribution < -0.4 is 10.6 Å². The van der Waals surface area contributed by atoms with Crippen molar-refractivity contribution in [2.24, 2.45) is 5.92 Å². The second-order valence-electron chi connectivity index (χ2n) is 5.32. The monoisotopic (exact) mass is 273 g/mol. The number of benzene rings is 1. The summed E-state index contributed by atoms with van der Waals surface area (Å²) in [4.78, 5) is 26.5. The van der Waals surface area contributed by atoms with E-state index >= 15 is 0 Å². The molecule has 0 spiro atoms. The van der Waals surface area contributed by atoms with Crippen molar-refractivity contribution in [3.8, 4) is 0 Å². The van der Waals surface area contributed by atoms with Gasteiger partial charge in [-0.05, 0) is 5.56 Å². The molecule has 1 aromatic carbocycles. The summed E-state index contributed by atoms with van der Waals surface area (Å²) in [6.07, 6.45) is 0. The number of carbonyl (C=O) groups is 2. The minimum Gasteiger partial charge on any atom is -0.355 e. The van der Waals surface area contributed by atoms with Crippen LogP contribution in [-0.2, 0) is 9.59 Å². The highest BCUT2D eigenvalue weighted by molar-refractivity contribution is 6.03. The molecule has 2 heterocycles. The summed E-state index contributed by atoms with van der Waals surface area (Å²) in [7, 11) is 0. The zero-order valence-electron chi connectivity index (χ0n) is 11.3. The van der Waals surface area contributed by atoms with Gasteiger partial charge in [0.15, 0.2) is 0 Å². The minimum absolute atomic E-state index is 0.0321. The highest BCUT2D eigenvalue weighted by atomic mass is 16.2. The Labute approximate surface area is 118 Å². The van der Waals surface area contributed by atoms with E-state index in [0.29, 0.717) is 19.6 Å². The molecule has 2 aliphatic rings. The zero-order chi connectivity index (χ0) is 13.9. The molecule has 5 nitrogen and oxygen atoms in total. The lowest BCUT2D eigenvalue weighted by Gasteiger charge is -2.30. The van der Waals surface area contributed by atoms with Gasteiger partial charge >= 0.3 is 0 Å². The Kier molecular flexibility index (Phi) is 3.69. The number of nitrogens with one attached hydrogen (secondary N) is 2. The van der Waals surface area contributed by atoms with Crippen LogP contribution >= 0.6 is 0 Å². The molecule has 1 aromatic rings. The van der Waals surface area contributed by atoms with Crippen LogP contribution in [0.4, 0.5) is 0 Å². The lowest BCUT2D eigenvalue weighted by molar-refractivity contribution is -0.141. The third-order valence-electron chi connectivity index (χ3n) is 4.10. The van der Waals surface area contributed by atoms with Gasteiger partial charge in [0.05, 0.1) is 0 Å². The number of piperazine rings is 1. The second kappa shape index (κ2) is 5.63. The molecule has 20 heavy (non-hydrogen) atoms. The fraction of sp³-hybridized carbons (Fsp3) is 0.467. The first-order chi connectivity index (χ1) is 9.77. The van der Waals surface area contributed by atoms with Crippen molar-refractivity contribution in [1.29, 1.82) is 0 Å². The van der Waals surface area contributed by atoms with Crippen molar-refractivity contribution in [3.05, 3.63) is 35.9 Å². The molecule has 2 N–H and O–H groups in total. The van der Waals surface area contributed by atoms with Crippen LogP contribution in [0.25, 0.3) is 0 Å². The average molecular weight is 273 g/mol. The molecule has 2 fully saturated rings. The smallest absolute Gasteiger partial charge is 0.235 e. The number of nitrogens with zero attached hydrogens (tertiary/aromatic N) is 1. The number of amides is 2. The number of carbonyl (C=O) groups excluding carboxylic acids is 2. The quantitative estimate of drug-likeness (QED) is 0.743. The Morgan fingerprint density at radius 2 is 1.85 bits per heavy atom. The van der Waals surface area contributed by atoms with Gasteiger partial charge in [0, 0.05) is 38.6 Å². The first-order valence-corrected chi connectivity index (χ1v) is 7.09. The molecule has 2 atom stereocenters. The Balaban J connectivity index is 1.81. The van der Waals surface area contributed by atoms with E-state index < -0.39 is 5.92 Å². The fourth-order valence-electron chi connectivity index (χ4n) is 3.00. The van der Waals surface area contributed by atoms with Gasteiger partial charge in [0.2, 0.25) is 11.8 Å². The van der Waals surface area contributed by atoms with Gasteiger partial charge in [-0.1, -0.05) is 30.3 Å². The van der Waals surface area contributed by atoms with Crippen molar-refractivity contribution in [3.63, 3.8) is 0 Å². The van der Waals surface area contributed by atoms with Crippen molar-refractivity contribution in [1.82, 2.24) is 15.5 Å². The summed E-state index contributed by atoms with van der Waals surface area (Å²) >= 11 is 0. The summed E-state index contributed by atoms with van der Waals surface area (Å²) in [5.74, 6) is -0.792. The lowest BCUT2D eigenvalue weighted by atomic mass is 9.87. The van der Waals surface area contributed by atoms with E-state index in [1.165, 1.54) is 0 Å². The van der Waals surface area contributed by atoms with Crippen LogP contribution in [0.3, 0.4) is 0 Å². The van der Waals surface area contributed by atoms with Crippen LogP contribution in [-0.4, -0.2) is 49.4 Å². The molecule has 0 saturated carbocycles. The van der Waals surface area contributed by atoms with Gasteiger partial charge in [-0.25, -0.2) is 0 Å². The van der Waals surface area contributed by atoms with Crippen LogP contribution in [0.1, 0.15) is 11.5 Å². The van der Waals surface area contributed by atoms with Gasteiger partial charge < -0.3 is 15.5 Å². The minimum atomic E-state index is -0.574. The SMILES string of the molecule is O=C1NCC(c2ccccc2)C1C(=O)N1CCNCC1. The van der Waals surface area contributed by atoms with Gasteiger partial charge in [0.1, 0.15) is 5.92 Å².